The van der Waals surface area contributed by atoms with E-state index in [0.29, 0.717) is 11.5 Å². The number of sulfonamides is 1. The third kappa shape index (κ3) is 3.98. The molecule has 1 amide bonds. The maximum Gasteiger partial charge on any atom is 0.241 e. The van der Waals surface area contributed by atoms with Gasteiger partial charge in [-0.1, -0.05) is 6.07 Å². The van der Waals surface area contributed by atoms with Crippen molar-refractivity contribution in [2.24, 2.45) is 0 Å². The summed E-state index contributed by atoms with van der Waals surface area (Å²) >= 11 is 0. The summed E-state index contributed by atoms with van der Waals surface area (Å²) in [5, 5.41) is 0. The largest absolute Gasteiger partial charge is 0.493 e. The third-order valence-electron chi connectivity index (χ3n) is 4.91. The van der Waals surface area contributed by atoms with E-state index in [1.165, 1.54) is 32.4 Å². The zero-order valence-corrected chi connectivity index (χ0v) is 17.2. The molecule has 0 spiro atoms. The lowest BCUT2D eigenvalue weighted by molar-refractivity contribution is -0.117. The van der Waals surface area contributed by atoms with Crippen molar-refractivity contribution in [2.75, 3.05) is 25.7 Å². The van der Waals surface area contributed by atoms with E-state index >= 15 is 0 Å². The van der Waals surface area contributed by atoms with Gasteiger partial charge >= 0.3 is 0 Å². The fraction of sp³-hybridized carbons (Fsp3) is 0.350. The van der Waals surface area contributed by atoms with Crippen LogP contribution in [0.1, 0.15) is 17.5 Å². The molecule has 0 aliphatic carbocycles. The molecule has 1 aliphatic heterocycles. The highest BCUT2D eigenvalue weighted by molar-refractivity contribution is 7.89. The van der Waals surface area contributed by atoms with E-state index in [2.05, 4.69) is 4.72 Å². The van der Waals surface area contributed by atoms with Crippen LogP contribution < -0.4 is 19.1 Å². The normalized spacial score (nSPS) is 17.1. The lowest BCUT2D eigenvalue weighted by Crippen LogP contribution is -2.37. The molecule has 2 aromatic carbocycles. The van der Waals surface area contributed by atoms with E-state index in [-0.39, 0.29) is 23.8 Å². The standard InChI is InChI=1S/C20H24N2O5S/c1-13-5-6-16(9-14(13)2)22-12-15(10-20(22)23)21-28(24,25)17-7-8-18(26-3)19(11-17)27-4/h5-9,11,15,21H,10,12H2,1-4H3/t15-/m1/s1. The Morgan fingerprint density at radius 1 is 1.00 bits per heavy atom. The van der Waals surface area contributed by atoms with Gasteiger partial charge in [0.15, 0.2) is 11.5 Å². The first-order valence-electron chi connectivity index (χ1n) is 8.87. The number of rotatable bonds is 6. The predicted molar refractivity (Wildman–Crippen MR) is 107 cm³/mol. The molecular formula is C20H24N2O5S. The molecule has 0 unspecified atom stereocenters. The van der Waals surface area contributed by atoms with Crippen molar-refractivity contribution in [1.29, 1.82) is 0 Å². The van der Waals surface area contributed by atoms with Crippen molar-refractivity contribution in [1.82, 2.24) is 4.72 Å². The molecule has 0 radical (unpaired) electrons. The molecule has 150 valence electrons. The molecule has 7 nitrogen and oxygen atoms in total. The Morgan fingerprint density at radius 3 is 2.36 bits per heavy atom. The summed E-state index contributed by atoms with van der Waals surface area (Å²) in [5.74, 6) is 0.659. The number of nitrogens with zero attached hydrogens (tertiary/aromatic N) is 1. The zero-order chi connectivity index (χ0) is 20.5. The van der Waals surface area contributed by atoms with Crippen molar-refractivity contribution in [3.05, 3.63) is 47.5 Å². The number of methoxy groups -OCH3 is 2. The number of anilines is 1. The summed E-state index contributed by atoms with van der Waals surface area (Å²) in [4.78, 5) is 14.1. The number of hydrogen-bond acceptors (Lipinski definition) is 5. The van der Waals surface area contributed by atoms with E-state index in [1.54, 1.807) is 4.90 Å². The number of carbonyl (C=O) groups excluding carboxylic acids is 1. The molecular weight excluding hydrogens is 380 g/mol. The van der Waals surface area contributed by atoms with Crippen LogP contribution >= 0.6 is 0 Å². The van der Waals surface area contributed by atoms with Crippen LogP contribution in [-0.2, 0) is 14.8 Å². The summed E-state index contributed by atoms with van der Waals surface area (Å²) in [6, 6.07) is 9.66. The molecule has 3 rings (SSSR count). The van der Waals surface area contributed by atoms with Crippen molar-refractivity contribution < 1.29 is 22.7 Å². The van der Waals surface area contributed by atoms with E-state index < -0.39 is 16.1 Å². The zero-order valence-electron chi connectivity index (χ0n) is 16.4. The molecule has 1 fully saturated rings. The quantitative estimate of drug-likeness (QED) is 0.799. The second-order valence-electron chi connectivity index (χ2n) is 6.81. The van der Waals surface area contributed by atoms with Crippen LogP contribution in [0.2, 0.25) is 0 Å². The van der Waals surface area contributed by atoms with Crippen LogP contribution in [0.15, 0.2) is 41.3 Å². The smallest absolute Gasteiger partial charge is 0.241 e. The molecule has 28 heavy (non-hydrogen) atoms. The van der Waals surface area contributed by atoms with Crippen LogP contribution in [0.5, 0.6) is 11.5 Å². The topological polar surface area (TPSA) is 84.9 Å². The molecule has 1 heterocycles. The first-order valence-corrected chi connectivity index (χ1v) is 10.4. The first kappa shape index (κ1) is 20.2. The van der Waals surface area contributed by atoms with Gasteiger partial charge in [-0.3, -0.25) is 4.79 Å². The minimum absolute atomic E-state index is 0.0576. The number of aryl methyl sites for hydroxylation is 2. The molecule has 8 heteroatoms. The van der Waals surface area contributed by atoms with Crippen molar-refractivity contribution in [3.63, 3.8) is 0 Å². The third-order valence-corrected chi connectivity index (χ3v) is 6.43. The van der Waals surface area contributed by atoms with Crippen LogP contribution in [0, 0.1) is 13.8 Å². The molecule has 1 atom stereocenters. The first-order chi connectivity index (χ1) is 13.2. The maximum atomic E-state index is 12.8. The van der Waals surface area contributed by atoms with E-state index in [1.807, 2.05) is 32.0 Å². The molecule has 2 aromatic rings. The summed E-state index contributed by atoms with van der Waals surface area (Å²) in [6.45, 7) is 4.27. The lowest BCUT2D eigenvalue weighted by atomic mass is 10.1. The average molecular weight is 404 g/mol. The van der Waals surface area contributed by atoms with Gasteiger partial charge < -0.3 is 14.4 Å². The lowest BCUT2D eigenvalue weighted by Gasteiger charge is -2.18. The molecule has 1 N–H and O–H groups in total. The highest BCUT2D eigenvalue weighted by atomic mass is 32.2. The number of ether oxygens (including phenoxy) is 2. The molecule has 0 aromatic heterocycles. The van der Waals surface area contributed by atoms with Gasteiger partial charge in [0, 0.05) is 30.8 Å². The molecule has 0 saturated carbocycles. The van der Waals surface area contributed by atoms with Crippen LogP contribution in [0.4, 0.5) is 5.69 Å². The summed E-state index contributed by atoms with van der Waals surface area (Å²) in [5.41, 5.74) is 3.00. The van der Waals surface area contributed by atoms with Gasteiger partial charge in [-0.15, -0.1) is 0 Å². The minimum Gasteiger partial charge on any atom is -0.493 e. The predicted octanol–water partition coefficient (Wildman–Crippen LogP) is 2.40. The van der Waals surface area contributed by atoms with Crippen molar-refractivity contribution in [2.45, 2.75) is 31.2 Å². The molecule has 1 aliphatic rings. The molecule has 1 saturated heterocycles. The Kier molecular flexibility index (Phi) is 5.62. The number of benzene rings is 2. The Hall–Kier alpha value is -2.58. The molecule has 0 bridgehead atoms. The Balaban J connectivity index is 1.78. The highest BCUT2D eigenvalue weighted by Gasteiger charge is 2.34. The van der Waals surface area contributed by atoms with Gasteiger partial charge in [0.25, 0.3) is 0 Å². The number of hydrogen-bond donors (Lipinski definition) is 1. The average Bonchev–Trinajstić information content (AvgIpc) is 3.02. The van der Waals surface area contributed by atoms with Crippen molar-refractivity contribution in [3.8, 4) is 11.5 Å². The number of carbonyl (C=O) groups is 1. The van der Waals surface area contributed by atoms with Crippen LogP contribution in [0.3, 0.4) is 0 Å². The van der Waals surface area contributed by atoms with Crippen molar-refractivity contribution >= 4 is 21.6 Å². The Morgan fingerprint density at radius 2 is 1.71 bits per heavy atom. The van der Waals surface area contributed by atoms with Gasteiger partial charge in [0.2, 0.25) is 15.9 Å². The highest BCUT2D eigenvalue weighted by Crippen LogP contribution is 2.30. The van der Waals surface area contributed by atoms with Gasteiger partial charge in [-0.25, -0.2) is 13.1 Å². The SMILES string of the molecule is COc1ccc(S(=O)(=O)N[C@@H]2CC(=O)N(c3ccc(C)c(C)c3)C2)cc1OC. The Labute approximate surface area is 165 Å². The van der Waals surface area contributed by atoms with Gasteiger partial charge in [0.05, 0.1) is 19.1 Å². The van der Waals surface area contributed by atoms with Gasteiger partial charge in [-0.05, 0) is 49.2 Å². The summed E-state index contributed by atoms with van der Waals surface area (Å²) in [6.07, 6.45) is 0.111. The number of amides is 1. The second-order valence-corrected chi connectivity index (χ2v) is 8.53. The number of nitrogens with one attached hydrogen (secondary N) is 1. The monoisotopic (exact) mass is 404 g/mol. The summed E-state index contributed by atoms with van der Waals surface area (Å²) in [7, 11) is -0.884. The fourth-order valence-corrected chi connectivity index (χ4v) is 4.44. The van der Waals surface area contributed by atoms with E-state index in [9.17, 15) is 13.2 Å². The van der Waals surface area contributed by atoms with Gasteiger partial charge in [0.1, 0.15) is 0 Å². The van der Waals surface area contributed by atoms with Crippen LogP contribution in [-0.4, -0.2) is 41.1 Å². The van der Waals surface area contributed by atoms with E-state index in [0.717, 1.165) is 16.8 Å². The maximum absolute atomic E-state index is 12.8. The van der Waals surface area contributed by atoms with Gasteiger partial charge in [-0.2, -0.15) is 0 Å². The Bertz CT molecular complexity index is 1000. The fourth-order valence-electron chi connectivity index (χ4n) is 3.20. The van der Waals surface area contributed by atoms with Crippen LogP contribution in [0.25, 0.3) is 0 Å². The van der Waals surface area contributed by atoms with E-state index in [4.69, 9.17) is 9.47 Å². The summed E-state index contributed by atoms with van der Waals surface area (Å²) < 4.78 is 38.5. The minimum atomic E-state index is -3.81. The second kappa shape index (κ2) is 7.81.